The van der Waals surface area contributed by atoms with E-state index in [9.17, 15) is 0 Å². The van der Waals surface area contributed by atoms with Gasteiger partial charge in [-0.15, -0.1) is 55.4 Å². The van der Waals surface area contributed by atoms with Crippen LogP contribution in [-0.2, 0) is 149 Å². The molecule has 0 aromatic heterocycles. The standard InChI is InChI=1S/C17H19OSi.C11H23OSi.C9H19OSi.C7H15OSi.4C5H9.4Y/c1-15(2)13-14-18-19(16-9-5-3-6-10-16)17-11-7-4-8-12-17;1-9(2)7-8-12-13(10(3)4)11(5)6;1-5-11(6-2)10-8-7-9(3)4;1-7(2)5-6-8-9(3)4;4*1-4-5(2)3;;;;/h3-13H,14H2,1-2H3;7,10-11H,8H2,1-6H3;7H,5-6,8H2,1-4H3;5H,6H2,1-4H3;4*4H,1H2,2-3H3;;;;/q;;;;4*-1;;;;. The molecule has 0 aliphatic rings. The van der Waals surface area contributed by atoms with E-state index in [1.54, 1.807) is 0 Å². The number of rotatable bonds is 18. The summed E-state index contributed by atoms with van der Waals surface area (Å²) in [5, 5.41) is 2.58. The van der Waals surface area contributed by atoms with Crippen LogP contribution < -0.4 is 10.4 Å². The summed E-state index contributed by atoms with van der Waals surface area (Å²) >= 11 is 0. The average Bonchev–Trinajstić information content (AvgIpc) is 3.31. The van der Waals surface area contributed by atoms with Crippen molar-refractivity contribution >= 4 is 46.5 Å². The number of allylic oxidation sites excluding steroid dienone is 12. The van der Waals surface area contributed by atoms with Gasteiger partial charge in [-0.05, 0) is 102 Å². The molecule has 0 saturated carbocycles. The first-order valence-corrected chi connectivity index (χ1v) is 33.1. The minimum atomic E-state index is -1.14. The Labute approximate surface area is 583 Å². The zero-order chi connectivity index (χ0) is 57.0. The molecule has 4 nitrogen and oxygen atoms in total. The van der Waals surface area contributed by atoms with E-state index in [-0.39, 0.29) is 131 Å². The van der Waals surface area contributed by atoms with Crippen molar-refractivity contribution in [2.45, 2.75) is 189 Å². The molecular formula is C64H112O4Si4Y4-4. The first-order valence-electron chi connectivity index (χ1n) is 25.9. The molecule has 424 valence electrons. The largest absolute Gasteiger partial charge is 0.414 e. The topological polar surface area (TPSA) is 36.9 Å². The molecule has 12 heteroatoms. The third kappa shape index (κ3) is 86.2. The van der Waals surface area contributed by atoms with Gasteiger partial charge in [0.25, 0.3) is 9.04 Å². The first kappa shape index (κ1) is 99.0. The van der Waals surface area contributed by atoms with Gasteiger partial charge in [-0.2, -0.15) is 0 Å². The Morgan fingerprint density at radius 2 is 0.632 bits per heavy atom. The van der Waals surface area contributed by atoms with Crippen molar-refractivity contribution in [3.8, 4) is 0 Å². The van der Waals surface area contributed by atoms with Gasteiger partial charge in [-0.1, -0.05) is 149 Å². The maximum absolute atomic E-state index is 6.15. The van der Waals surface area contributed by atoms with Crippen LogP contribution in [0.3, 0.4) is 0 Å². The first-order chi connectivity index (χ1) is 33.6. The Bertz CT molecular complexity index is 1630. The zero-order valence-corrected chi connectivity index (χ0v) is 68.9. The van der Waals surface area contributed by atoms with Gasteiger partial charge in [0.05, 0.1) is 26.4 Å². The Hall–Kier alpha value is 0.963. The number of benzene rings is 2. The fourth-order valence-corrected chi connectivity index (χ4v) is 10.1. The smallest absolute Gasteiger partial charge is 0.283 e. The fraction of sp³-hybridized carbons (Fsp3) is 0.500. The summed E-state index contributed by atoms with van der Waals surface area (Å²) in [5.74, 6) is 0. The third-order valence-electron chi connectivity index (χ3n) is 8.74. The van der Waals surface area contributed by atoms with Gasteiger partial charge in [0.2, 0.25) is 27.1 Å². The van der Waals surface area contributed by atoms with Crippen molar-refractivity contribution in [1.82, 2.24) is 0 Å². The van der Waals surface area contributed by atoms with Crippen LogP contribution in [0.1, 0.15) is 152 Å². The summed E-state index contributed by atoms with van der Waals surface area (Å²) in [6.07, 6.45) is 15.9. The van der Waals surface area contributed by atoms with E-state index in [4.69, 9.17) is 17.7 Å². The van der Waals surface area contributed by atoms with E-state index < -0.39 is 36.2 Å². The van der Waals surface area contributed by atoms with Crippen LogP contribution in [0.25, 0.3) is 0 Å². The van der Waals surface area contributed by atoms with Gasteiger partial charge in [0, 0.05) is 131 Å². The molecule has 0 heterocycles. The molecule has 0 amide bonds. The van der Waals surface area contributed by atoms with Crippen molar-refractivity contribution in [2.75, 3.05) is 26.4 Å². The van der Waals surface area contributed by atoms with Gasteiger partial charge in [0.15, 0.2) is 0 Å². The molecule has 0 atom stereocenters. The molecule has 0 aliphatic heterocycles. The van der Waals surface area contributed by atoms with Crippen LogP contribution in [0, 0.1) is 27.7 Å². The molecule has 0 unspecified atom stereocenters. The molecule has 2 aromatic carbocycles. The normalized spacial score (nSPS) is 9.03. The van der Waals surface area contributed by atoms with Gasteiger partial charge in [-0.25, -0.2) is 74.3 Å². The van der Waals surface area contributed by atoms with E-state index in [0.29, 0.717) is 17.7 Å². The monoisotopic (exact) mass is 1410 g/mol. The van der Waals surface area contributed by atoms with Crippen molar-refractivity contribution < 1.29 is 149 Å². The van der Waals surface area contributed by atoms with E-state index in [1.165, 1.54) is 67.0 Å². The Morgan fingerprint density at radius 3 is 0.842 bits per heavy atom. The maximum Gasteiger partial charge on any atom is 0.283 e. The van der Waals surface area contributed by atoms with Crippen molar-refractivity contribution in [2.24, 2.45) is 0 Å². The van der Waals surface area contributed by atoms with Crippen LogP contribution in [-0.4, -0.2) is 62.6 Å². The van der Waals surface area contributed by atoms with E-state index in [0.717, 1.165) is 19.8 Å². The predicted octanol–water partition coefficient (Wildman–Crippen LogP) is 18.9. The molecule has 2 rings (SSSR count). The molecule has 0 N–H and O–H groups in total. The Morgan fingerprint density at radius 1 is 0.395 bits per heavy atom. The van der Waals surface area contributed by atoms with Crippen LogP contribution in [0.15, 0.2) is 154 Å². The summed E-state index contributed by atoms with van der Waals surface area (Å²) in [7, 11) is -2.70. The average molecular weight is 1410 g/mol. The van der Waals surface area contributed by atoms with Crippen molar-refractivity contribution in [3.63, 3.8) is 0 Å². The molecule has 0 aliphatic carbocycles. The minimum absolute atomic E-state index is 0. The van der Waals surface area contributed by atoms with Crippen LogP contribution in [0.2, 0.25) is 36.3 Å². The Kier molecular flexibility index (Phi) is 93.9. The van der Waals surface area contributed by atoms with Gasteiger partial charge < -0.3 is 17.7 Å². The van der Waals surface area contributed by atoms with E-state index in [2.05, 4.69) is 211 Å². The molecule has 0 fully saturated rings. The Balaban J connectivity index is -0.0000000858. The second-order valence-electron chi connectivity index (χ2n) is 19.4. The fourth-order valence-electron chi connectivity index (χ4n) is 4.26. The van der Waals surface area contributed by atoms with Crippen molar-refractivity contribution in [1.29, 1.82) is 0 Å². The molecule has 2 aromatic rings. The molecule has 8 radical (unpaired) electrons. The van der Waals surface area contributed by atoms with E-state index in [1.807, 2.05) is 91.8 Å². The number of hydrogen-bond acceptors (Lipinski definition) is 4. The summed E-state index contributed by atoms with van der Waals surface area (Å²) in [4.78, 5) is 0. The number of hydrogen-bond donors (Lipinski definition) is 0. The molecular weight excluding hydrogens is 1300 g/mol. The quantitative estimate of drug-likeness (QED) is 0.0847. The summed E-state index contributed by atoms with van der Waals surface area (Å²) < 4.78 is 23.1. The second-order valence-corrected chi connectivity index (χ2v) is 29.8. The maximum atomic E-state index is 6.15. The van der Waals surface area contributed by atoms with E-state index >= 15 is 0 Å². The van der Waals surface area contributed by atoms with Gasteiger partial charge in [-0.3, -0.25) is 0 Å². The van der Waals surface area contributed by atoms with Gasteiger partial charge >= 0.3 is 0 Å². The summed E-state index contributed by atoms with van der Waals surface area (Å²) in [5.41, 5.74) is 11.8. The molecule has 0 spiro atoms. The summed E-state index contributed by atoms with van der Waals surface area (Å²) in [6, 6.07) is 23.5. The molecule has 0 bridgehead atoms. The zero-order valence-electron chi connectivity index (χ0n) is 53.6. The minimum Gasteiger partial charge on any atom is -0.414 e. The molecule has 0 saturated heterocycles. The third-order valence-corrected chi connectivity index (χ3v) is 16.6. The van der Waals surface area contributed by atoms with Crippen LogP contribution in [0.5, 0.6) is 0 Å². The van der Waals surface area contributed by atoms with Crippen molar-refractivity contribution in [3.05, 3.63) is 182 Å². The van der Waals surface area contributed by atoms with Gasteiger partial charge in [0.1, 0.15) is 0 Å². The summed E-state index contributed by atoms with van der Waals surface area (Å²) in [6.45, 7) is 67.9. The molecule has 76 heavy (non-hydrogen) atoms. The second kappa shape index (κ2) is 72.1. The SMILES string of the molecule is CC(C)=CCO[Si](C(C)C)C(C)C.CC(C)=CCO[Si](C)C.CC(C)=CCO[Si](c1ccccc1)c1ccccc1.CC[Si](CC)OCC=C(C)C.[CH2-]C=C(C)C.[CH2-]C=C(C)C.[CH2-]C=C(C)C.[CH2-]C=C(C)C.[Y].[Y].[Y].[Y]. The van der Waals surface area contributed by atoms with Crippen LogP contribution >= 0.6 is 0 Å². The predicted molar refractivity (Wildman–Crippen MR) is 339 cm³/mol. The van der Waals surface area contributed by atoms with Crippen LogP contribution in [0.4, 0.5) is 0 Å².